The Balaban J connectivity index is 1.32. The van der Waals surface area contributed by atoms with Crippen molar-refractivity contribution >= 4 is 34.9 Å². The second-order valence-electron chi connectivity index (χ2n) is 10.7. The second-order valence-corrected chi connectivity index (χ2v) is 11.1. The first kappa shape index (κ1) is 25.2. The lowest BCUT2D eigenvalue weighted by Crippen LogP contribution is -2.45. The van der Waals surface area contributed by atoms with Crippen LogP contribution in [0.15, 0.2) is 36.4 Å². The third-order valence-electron chi connectivity index (χ3n) is 8.01. The molecule has 0 aliphatic carbocycles. The maximum Gasteiger partial charge on any atom is 0.232 e. The maximum absolute atomic E-state index is 5.76. The fourth-order valence-electron chi connectivity index (χ4n) is 5.84. The van der Waals surface area contributed by atoms with Gasteiger partial charge in [-0.15, -0.1) is 0 Å². The van der Waals surface area contributed by atoms with Gasteiger partial charge in [0.05, 0.1) is 0 Å². The summed E-state index contributed by atoms with van der Waals surface area (Å²) in [7, 11) is 0. The van der Waals surface area contributed by atoms with Crippen molar-refractivity contribution in [3.63, 3.8) is 0 Å². The molecular weight excluding hydrogens is 468 g/mol. The summed E-state index contributed by atoms with van der Waals surface area (Å²) >= 11 is 5.76. The van der Waals surface area contributed by atoms with Crippen LogP contribution in [0.4, 0.5) is 17.6 Å². The first-order chi connectivity index (χ1) is 17.6. The first-order valence-electron chi connectivity index (χ1n) is 13.7. The Morgan fingerprint density at radius 3 is 2.42 bits per heavy atom. The molecule has 1 atom stereocenters. The largest absolute Gasteiger partial charge is 0.381 e. The number of hydrogen-bond acceptors (Lipinski definition) is 6. The lowest BCUT2D eigenvalue weighted by molar-refractivity contribution is 0.0515. The van der Waals surface area contributed by atoms with E-state index in [0.29, 0.717) is 17.0 Å². The highest BCUT2D eigenvalue weighted by Crippen LogP contribution is 2.34. The average Bonchev–Trinajstić information content (AvgIpc) is 2.93. The molecule has 4 heterocycles. The van der Waals surface area contributed by atoms with Gasteiger partial charge in [0, 0.05) is 57.4 Å². The van der Waals surface area contributed by atoms with Crippen molar-refractivity contribution in [3.05, 3.63) is 42.0 Å². The molecular formula is C28H40N6OS. The minimum atomic E-state index is 0.0108. The normalized spacial score (nSPS) is 22.2. The number of ether oxygens (including phenoxy) is 1. The molecule has 3 fully saturated rings. The number of nitrogens with zero attached hydrogens (tertiary/aromatic N) is 4. The van der Waals surface area contributed by atoms with E-state index in [1.807, 2.05) is 0 Å². The van der Waals surface area contributed by atoms with Gasteiger partial charge in [0.25, 0.3) is 0 Å². The Morgan fingerprint density at radius 1 is 1.00 bits per heavy atom. The van der Waals surface area contributed by atoms with Gasteiger partial charge in [-0.3, -0.25) is 0 Å². The minimum absolute atomic E-state index is 0.0108. The van der Waals surface area contributed by atoms with Crippen LogP contribution in [-0.4, -0.2) is 61.0 Å². The smallest absolute Gasteiger partial charge is 0.232 e. The minimum Gasteiger partial charge on any atom is -0.381 e. The average molecular weight is 509 g/mol. The number of piperidine rings is 2. The fourth-order valence-corrected chi connectivity index (χ4v) is 6.00. The molecule has 0 saturated carbocycles. The van der Waals surface area contributed by atoms with Gasteiger partial charge < -0.3 is 25.2 Å². The summed E-state index contributed by atoms with van der Waals surface area (Å²) in [6.45, 7) is 8.83. The molecule has 8 heteroatoms. The molecule has 5 rings (SSSR count). The van der Waals surface area contributed by atoms with E-state index < -0.39 is 0 Å². The van der Waals surface area contributed by atoms with Crippen LogP contribution in [0.2, 0.25) is 0 Å². The summed E-state index contributed by atoms with van der Waals surface area (Å²) in [4.78, 5) is 14.6. The molecule has 0 spiro atoms. The van der Waals surface area contributed by atoms with Crippen LogP contribution in [0.1, 0.15) is 57.4 Å². The third kappa shape index (κ3) is 6.09. The first-order valence-corrected chi connectivity index (χ1v) is 14.1. The Kier molecular flexibility index (Phi) is 8.22. The molecule has 1 aromatic heterocycles. The van der Waals surface area contributed by atoms with Crippen LogP contribution < -0.4 is 20.4 Å². The van der Waals surface area contributed by atoms with Gasteiger partial charge in [-0.1, -0.05) is 37.3 Å². The van der Waals surface area contributed by atoms with Crippen molar-refractivity contribution in [1.29, 1.82) is 0 Å². The van der Waals surface area contributed by atoms with Crippen LogP contribution in [-0.2, 0) is 10.2 Å². The zero-order valence-corrected chi connectivity index (χ0v) is 22.4. The topological polar surface area (TPSA) is 65.5 Å². The van der Waals surface area contributed by atoms with E-state index in [2.05, 4.69) is 63.8 Å². The molecule has 2 N–H and O–H groups in total. The summed E-state index contributed by atoms with van der Waals surface area (Å²) in [5.74, 6) is 3.28. The van der Waals surface area contributed by atoms with Crippen LogP contribution >= 0.6 is 12.2 Å². The molecule has 0 radical (unpaired) electrons. The van der Waals surface area contributed by atoms with Gasteiger partial charge in [-0.25, -0.2) is 0 Å². The molecule has 0 bridgehead atoms. The highest BCUT2D eigenvalue weighted by molar-refractivity contribution is 7.80. The van der Waals surface area contributed by atoms with Gasteiger partial charge in [0.2, 0.25) is 5.95 Å². The lowest BCUT2D eigenvalue weighted by Gasteiger charge is -2.38. The quantitative estimate of drug-likeness (QED) is 0.543. The molecule has 0 amide bonds. The Labute approximate surface area is 221 Å². The molecule has 2 aromatic rings. The summed E-state index contributed by atoms with van der Waals surface area (Å²) in [6, 6.07) is 12.9. The number of anilines is 3. The van der Waals surface area contributed by atoms with E-state index in [-0.39, 0.29) is 5.41 Å². The fraction of sp³-hybridized carbons (Fsp3) is 0.607. The summed E-state index contributed by atoms with van der Waals surface area (Å²) in [6.07, 6.45) is 8.18. The predicted octanol–water partition coefficient (Wildman–Crippen LogP) is 4.74. The monoisotopic (exact) mass is 508 g/mol. The van der Waals surface area contributed by atoms with Gasteiger partial charge in [0.15, 0.2) is 5.11 Å². The summed E-state index contributed by atoms with van der Waals surface area (Å²) in [5.41, 5.74) is 1.35. The SMILES string of the molecule is C[C@H]1CCCN(c2cc(N3CCCCC3)nc(NC(=S)NCC3(c4ccccc4)CCOCC3)n2)C1. The van der Waals surface area contributed by atoms with Crippen molar-refractivity contribution < 1.29 is 4.74 Å². The van der Waals surface area contributed by atoms with E-state index in [1.165, 1.54) is 37.7 Å². The van der Waals surface area contributed by atoms with Gasteiger partial charge in [-0.05, 0) is 68.6 Å². The molecule has 194 valence electrons. The Bertz CT molecular complexity index is 1010. The molecule has 3 aliphatic rings. The molecule has 3 aliphatic heterocycles. The number of thiocarbonyl (C=S) groups is 1. The van der Waals surface area contributed by atoms with Crippen molar-refractivity contribution in [2.45, 2.75) is 57.3 Å². The van der Waals surface area contributed by atoms with Gasteiger partial charge in [0.1, 0.15) is 11.6 Å². The van der Waals surface area contributed by atoms with Crippen molar-refractivity contribution in [2.24, 2.45) is 5.92 Å². The van der Waals surface area contributed by atoms with E-state index in [0.717, 1.165) is 70.4 Å². The van der Waals surface area contributed by atoms with Crippen LogP contribution in [0.3, 0.4) is 0 Å². The number of aromatic nitrogens is 2. The summed E-state index contributed by atoms with van der Waals surface area (Å²) in [5, 5.41) is 7.41. The predicted molar refractivity (Wildman–Crippen MR) is 151 cm³/mol. The number of hydrogen-bond donors (Lipinski definition) is 2. The molecule has 7 nitrogen and oxygen atoms in total. The van der Waals surface area contributed by atoms with Crippen molar-refractivity contribution in [3.8, 4) is 0 Å². The van der Waals surface area contributed by atoms with Crippen molar-refractivity contribution in [2.75, 3.05) is 61.1 Å². The third-order valence-corrected chi connectivity index (χ3v) is 8.26. The highest BCUT2D eigenvalue weighted by Gasteiger charge is 2.34. The Hall–Kier alpha value is -2.45. The highest BCUT2D eigenvalue weighted by atomic mass is 32.1. The molecule has 0 unspecified atom stereocenters. The van der Waals surface area contributed by atoms with Crippen LogP contribution in [0.25, 0.3) is 0 Å². The number of nitrogens with one attached hydrogen (secondary N) is 2. The summed E-state index contributed by atoms with van der Waals surface area (Å²) < 4.78 is 5.69. The standard InChI is InChI=1S/C28H40N6OS/c1-22-9-8-16-34(20-22)25-19-24(33-14-6-3-7-15-33)30-26(31-25)32-27(36)29-21-28(12-17-35-18-13-28)23-10-4-2-5-11-23/h2,4-5,10-11,19,22H,3,6-9,12-18,20-21H2,1H3,(H2,29,30,31,32,36)/t22-/m0/s1. The van der Waals surface area contributed by atoms with E-state index in [9.17, 15) is 0 Å². The second kappa shape index (κ2) is 11.7. The van der Waals surface area contributed by atoms with E-state index in [4.69, 9.17) is 26.9 Å². The van der Waals surface area contributed by atoms with E-state index >= 15 is 0 Å². The Morgan fingerprint density at radius 2 is 1.69 bits per heavy atom. The lowest BCUT2D eigenvalue weighted by atomic mass is 9.74. The van der Waals surface area contributed by atoms with Crippen LogP contribution in [0, 0.1) is 5.92 Å². The van der Waals surface area contributed by atoms with E-state index in [1.54, 1.807) is 0 Å². The molecule has 1 aromatic carbocycles. The zero-order valence-electron chi connectivity index (χ0n) is 21.5. The number of rotatable bonds is 6. The maximum atomic E-state index is 5.76. The van der Waals surface area contributed by atoms with Crippen LogP contribution in [0.5, 0.6) is 0 Å². The van der Waals surface area contributed by atoms with Crippen molar-refractivity contribution in [1.82, 2.24) is 15.3 Å². The van der Waals surface area contributed by atoms with Gasteiger partial charge >= 0.3 is 0 Å². The number of benzene rings is 1. The van der Waals surface area contributed by atoms with Gasteiger partial charge in [-0.2, -0.15) is 9.97 Å². The zero-order chi connectivity index (χ0) is 24.8. The molecule has 3 saturated heterocycles. The molecule has 36 heavy (non-hydrogen) atoms.